The van der Waals surface area contributed by atoms with Gasteiger partial charge in [-0.05, 0) is 77.0 Å². The summed E-state index contributed by atoms with van der Waals surface area (Å²) in [4.78, 5) is 21.4. The second-order valence-corrected chi connectivity index (χ2v) is 7.08. The highest BCUT2D eigenvalue weighted by Gasteiger charge is 2.20. The number of rotatable bonds is 4. The Labute approximate surface area is 169 Å². The van der Waals surface area contributed by atoms with Gasteiger partial charge in [0.2, 0.25) is 5.91 Å². The molecular formula is C22H37N3O3. The quantitative estimate of drug-likeness (QED) is 0.838. The van der Waals surface area contributed by atoms with Crippen LogP contribution in [0.15, 0.2) is 18.2 Å². The van der Waals surface area contributed by atoms with Gasteiger partial charge in [0.25, 0.3) is 0 Å². The molecule has 0 radical (unpaired) electrons. The first kappa shape index (κ1) is 25.8. The van der Waals surface area contributed by atoms with E-state index in [0.29, 0.717) is 5.56 Å². The van der Waals surface area contributed by atoms with E-state index >= 15 is 0 Å². The maximum Gasteiger partial charge on any atom is 0.248 e. The van der Waals surface area contributed by atoms with E-state index in [1.807, 2.05) is 45.0 Å². The smallest absolute Gasteiger partial charge is 0.248 e. The number of fused-ring (bicyclic) bond motifs is 3. The molecule has 2 aromatic rings. The normalized spacial score (nSPS) is 12.0. The largest absolute Gasteiger partial charge is 0.400 e. The van der Waals surface area contributed by atoms with E-state index in [1.165, 1.54) is 54.3 Å². The number of aliphatic hydroxyl groups is 1. The number of aliphatic hydroxyl groups excluding tert-OH is 1. The molecule has 0 bridgehead atoms. The Bertz CT molecular complexity index is 721. The van der Waals surface area contributed by atoms with Crippen molar-refractivity contribution in [2.75, 3.05) is 28.3 Å². The van der Waals surface area contributed by atoms with E-state index in [4.69, 9.17) is 15.6 Å². The molecule has 1 aromatic heterocycles. The number of carbonyl (C=O) groups is 2. The summed E-state index contributed by atoms with van der Waals surface area (Å²) >= 11 is 0. The van der Waals surface area contributed by atoms with Crippen molar-refractivity contribution < 1.29 is 14.7 Å². The number of hydrogen-bond acceptors (Lipinski definition) is 4. The van der Waals surface area contributed by atoms with Crippen LogP contribution in [0.3, 0.4) is 0 Å². The van der Waals surface area contributed by atoms with Gasteiger partial charge in [0, 0.05) is 35.8 Å². The van der Waals surface area contributed by atoms with Crippen LogP contribution in [-0.4, -0.2) is 55.5 Å². The minimum absolute atomic E-state index is 0.335. The summed E-state index contributed by atoms with van der Waals surface area (Å²) < 4.78 is 2.47. The molecule has 0 aliphatic heterocycles. The van der Waals surface area contributed by atoms with Crippen LogP contribution in [0.2, 0.25) is 0 Å². The zero-order valence-corrected chi connectivity index (χ0v) is 18.1. The number of nitrogens with zero attached hydrogens (tertiary/aromatic N) is 2. The van der Waals surface area contributed by atoms with Gasteiger partial charge < -0.3 is 25.1 Å². The molecule has 0 spiro atoms. The van der Waals surface area contributed by atoms with Crippen LogP contribution >= 0.6 is 0 Å². The lowest BCUT2D eigenvalue weighted by Crippen LogP contribution is -2.10. The van der Waals surface area contributed by atoms with Gasteiger partial charge in [-0.15, -0.1) is 0 Å². The third-order valence-electron chi connectivity index (χ3n) is 4.40. The molecule has 0 atom stereocenters. The third-order valence-corrected chi connectivity index (χ3v) is 4.40. The summed E-state index contributed by atoms with van der Waals surface area (Å²) in [6.45, 7) is 5.31. The molecule has 28 heavy (non-hydrogen) atoms. The van der Waals surface area contributed by atoms with Crippen LogP contribution in [0, 0.1) is 0 Å². The van der Waals surface area contributed by atoms with Gasteiger partial charge in [-0.2, -0.15) is 0 Å². The highest BCUT2D eigenvalue weighted by molar-refractivity contribution is 5.98. The van der Waals surface area contributed by atoms with Crippen molar-refractivity contribution in [3.05, 3.63) is 35.0 Å². The molecule has 0 fully saturated rings. The zero-order chi connectivity index (χ0) is 21.7. The first-order valence-electron chi connectivity index (χ1n) is 9.74. The molecular weight excluding hydrogens is 354 g/mol. The number of unbranched alkanes of at least 4 members (excludes halogenated alkanes) is 1. The Morgan fingerprint density at radius 3 is 2.29 bits per heavy atom. The van der Waals surface area contributed by atoms with E-state index in [-0.39, 0.29) is 5.91 Å². The maximum absolute atomic E-state index is 11.4. The average Bonchev–Trinajstić information content (AvgIpc) is 3.02. The van der Waals surface area contributed by atoms with E-state index in [2.05, 4.69) is 17.6 Å². The summed E-state index contributed by atoms with van der Waals surface area (Å²) in [5.74, 6) is -0.335. The fourth-order valence-electron chi connectivity index (χ4n) is 3.36. The number of carbonyl (C=O) groups excluding carboxylic acids is 2. The van der Waals surface area contributed by atoms with E-state index in [1.54, 1.807) is 0 Å². The lowest BCUT2D eigenvalue weighted by molar-refractivity contribution is -0.0980. The SMILES string of the molecule is C=O.CCCCn1c2c(c3cc(C(N)=O)ccc31)CCCC2.CN(C)C.CO. The molecule has 1 amide bonds. The topological polar surface area (TPSA) is 88.6 Å². The molecule has 158 valence electrons. The second-order valence-electron chi connectivity index (χ2n) is 7.08. The number of aromatic nitrogens is 1. The maximum atomic E-state index is 11.4. The van der Waals surface area contributed by atoms with E-state index in [9.17, 15) is 4.79 Å². The summed E-state index contributed by atoms with van der Waals surface area (Å²) in [6.07, 6.45) is 7.23. The van der Waals surface area contributed by atoms with Gasteiger partial charge >= 0.3 is 0 Å². The predicted octanol–water partition coefficient (Wildman–Crippen LogP) is 3.02. The van der Waals surface area contributed by atoms with Crippen molar-refractivity contribution in [2.45, 2.75) is 52.0 Å². The Hall–Kier alpha value is -2.18. The first-order valence-corrected chi connectivity index (χ1v) is 9.74. The van der Waals surface area contributed by atoms with E-state index < -0.39 is 0 Å². The van der Waals surface area contributed by atoms with Crippen LogP contribution < -0.4 is 5.73 Å². The molecule has 1 aliphatic carbocycles. The monoisotopic (exact) mass is 391 g/mol. The summed E-state index contributed by atoms with van der Waals surface area (Å²) in [5.41, 5.74) is 10.3. The first-order chi connectivity index (χ1) is 13.5. The highest BCUT2D eigenvalue weighted by atomic mass is 16.2. The molecule has 0 unspecified atom stereocenters. The van der Waals surface area contributed by atoms with Crippen molar-refractivity contribution in [3.63, 3.8) is 0 Å². The van der Waals surface area contributed by atoms with Crippen LogP contribution in [0.4, 0.5) is 0 Å². The van der Waals surface area contributed by atoms with Crippen molar-refractivity contribution >= 4 is 23.6 Å². The Morgan fingerprint density at radius 2 is 1.75 bits per heavy atom. The van der Waals surface area contributed by atoms with Gasteiger partial charge in [-0.1, -0.05) is 13.3 Å². The van der Waals surface area contributed by atoms with Gasteiger partial charge in [0.05, 0.1) is 0 Å². The molecule has 1 aliphatic rings. The summed E-state index contributed by atoms with van der Waals surface area (Å²) in [6, 6.07) is 5.92. The van der Waals surface area contributed by atoms with Crippen molar-refractivity contribution in [2.24, 2.45) is 5.73 Å². The second kappa shape index (κ2) is 13.9. The van der Waals surface area contributed by atoms with Crippen molar-refractivity contribution in [3.8, 4) is 0 Å². The Kier molecular flexibility index (Phi) is 12.8. The molecule has 0 saturated carbocycles. The summed E-state index contributed by atoms with van der Waals surface area (Å²) in [5, 5.41) is 8.24. The minimum Gasteiger partial charge on any atom is -0.400 e. The van der Waals surface area contributed by atoms with Crippen LogP contribution in [0.1, 0.15) is 54.2 Å². The summed E-state index contributed by atoms with van der Waals surface area (Å²) in [7, 11) is 7.00. The Morgan fingerprint density at radius 1 is 1.18 bits per heavy atom. The zero-order valence-electron chi connectivity index (χ0n) is 18.1. The predicted molar refractivity (Wildman–Crippen MR) is 117 cm³/mol. The lowest BCUT2D eigenvalue weighted by atomic mass is 9.95. The number of aryl methyl sites for hydroxylation is 2. The van der Waals surface area contributed by atoms with E-state index in [0.717, 1.165) is 20.1 Å². The van der Waals surface area contributed by atoms with Crippen LogP contribution in [0.25, 0.3) is 10.9 Å². The molecule has 6 nitrogen and oxygen atoms in total. The molecule has 0 saturated heterocycles. The number of hydrogen-bond donors (Lipinski definition) is 2. The van der Waals surface area contributed by atoms with Gasteiger partial charge in [-0.25, -0.2) is 0 Å². The number of amides is 1. The third kappa shape index (κ3) is 7.09. The standard InChI is InChI=1S/C17H22N2O.C3H9N.CH4O.CH2O/c1-2-3-10-19-15-7-5-4-6-13(15)14-11-12(17(18)20)8-9-16(14)19;1-4(2)3;2*1-2/h8-9,11H,2-7,10H2,1H3,(H2,18,20);1-3H3;2H,1H3;1H2. The Balaban J connectivity index is 0.000000797. The molecule has 6 heteroatoms. The minimum atomic E-state index is -0.335. The van der Waals surface area contributed by atoms with Crippen molar-refractivity contribution in [1.82, 2.24) is 9.47 Å². The fourth-order valence-corrected chi connectivity index (χ4v) is 3.36. The molecule has 3 rings (SSSR count). The fraction of sp³-hybridized carbons (Fsp3) is 0.545. The molecule has 3 N–H and O–H groups in total. The van der Waals surface area contributed by atoms with Gasteiger partial charge in [0.1, 0.15) is 6.79 Å². The lowest BCUT2D eigenvalue weighted by Gasteiger charge is -2.15. The molecule has 1 aromatic carbocycles. The van der Waals surface area contributed by atoms with Gasteiger partial charge in [-0.3, -0.25) is 4.79 Å². The van der Waals surface area contributed by atoms with Crippen molar-refractivity contribution in [1.29, 1.82) is 0 Å². The average molecular weight is 392 g/mol. The number of benzene rings is 1. The van der Waals surface area contributed by atoms with Gasteiger partial charge in [0.15, 0.2) is 0 Å². The highest BCUT2D eigenvalue weighted by Crippen LogP contribution is 2.33. The van der Waals surface area contributed by atoms with Crippen LogP contribution in [-0.2, 0) is 24.2 Å². The number of nitrogens with two attached hydrogens (primary N) is 1. The van der Waals surface area contributed by atoms with Crippen LogP contribution in [0.5, 0.6) is 0 Å². The number of primary amides is 1. The molecule has 1 heterocycles.